The average molecular weight is 349 g/mol. The lowest BCUT2D eigenvalue weighted by Crippen LogP contribution is -2.25. The lowest BCUT2D eigenvalue weighted by molar-refractivity contribution is -0.122. The van der Waals surface area contributed by atoms with Crippen molar-refractivity contribution in [2.24, 2.45) is 5.92 Å². The minimum absolute atomic E-state index is 0.0168. The van der Waals surface area contributed by atoms with E-state index in [1.807, 2.05) is 42.6 Å². The number of carbonyl (C=O) groups is 1. The van der Waals surface area contributed by atoms with Crippen LogP contribution in [0.3, 0.4) is 0 Å². The zero-order valence-electron chi connectivity index (χ0n) is 14.3. The van der Waals surface area contributed by atoms with E-state index < -0.39 is 0 Å². The standard InChI is InChI=1S/C19H19N5O2/c1-26-14-6-4-12(5-7-14)18-22-17(23-24-18)11-21-19(25)16-9-15(16)13-3-2-8-20-10-13/h2-8,10,15-16H,9,11H2,1H3,(H,21,25)(H,22,23,24)/t15-,16+/m0/s1. The molecule has 1 saturated carbocycles. The fourth-order valence-corrected chi connectivity index (χ4v) is 2.99. The maximum absolute atomic E-state index is 12.3. The van der Waals surface area contributed by atoms with E-state index >= 15 is 0 Å². The second-order valence-corrected chi connectivity index (χ2v) is 6.29. The van der Waals surface area contributed by atoms with Crippen molar-refractivity contribution in [2.75, 3.05) is 7.11 Å². The van der Waals surface area contributed by atoms with Gasteiger partial charge in [-0.25, -0.2) is 4.98 Å². The van der Waals surface area contributed by atoms with Crippen LogP contribution in [-0.2, 0) is 11.3 Å². The molecule has 132 valence electrons. The van der Waals surface area contributed by atoms with Crippen LogP contribution >= 0.6 is 0 Å². The highest BCUT2D eigenvalue weighted by Crippen LogP contribution is 2.47. The maximum Gasteiger partial charge on any atom is 0.224 e. The number of rotatable bonds is 6. The number of benzene rings is 1. The summed E-state index contributed by atoms with van der Waals surface area (Å²) in [7, 11) is 1.63. The molecule has 0 spiro atoms. The fourth-order valence-electron chi connectivity index (χ4n) is 2.99. The summed E-state index contributed by atoms with van der Waals surface area (Å²) in [5.74, 6) is 2.33. The predicted molar refractivity (Wildman–Crippen MR) is 95.3 cm³/mol. The molecular weight excluding hydrogens is 330 g/mol. The Labute approximate surface area is 150 Å². The van der Waals surface area contributed by atoms with Gasteiger partial charge in [0.25, 0.3) is 0 Å². The summed E-state index contributed by atoms with van der Waals surface area (Å²) in [5, 5.41) is 10.0. The molecule has 1 fully saturated rings. The van der Waals surface area contributed by atoms with E-state index in [9.17, 15) is 4.79 Å². The van der Waals surface area contributed by atoms with Gasteiger partial charge >= 0.3 is 0 Å². The minimum atomic E-state index is 0.0168. The molecule has 0 unspecified atom stereocenters. The normalized spacial score (nSPS) is 18.3. The number of nitrogens with one attached hydrogen (secondary N) is 2. The first-order chi connectivity index (χ1) is 12.7. The van der Waals surface area contributed by atoms with Gasteiger partial charge in [-0.1, -0.05) is 6.07 Å². The highest BCUT2D eigenvalue weighted by atomic mass is 16.5. The van der Waals surface area contributed by atoms with Crippen LogP contribution in [0.2, 0.25) is 0 Å². The largest absolute Gasteiger partial charge is 0.497 e. The Balaban J connectivity index is 1.33. The molecule has 3 aromatic rings. The molecule has 0 bridgehead atoms. The van der Waals surface area contributed by atoms with Gasteiger partial charge in [0.2, 0.25) is 5.91 Å². The number of hydrogen-bond donors (Lipinski definition) is 2. The first-order valence-electron chi connectivity index (χ1n) is 8.48. The number of pyridine rings is 1. The fraction of sp³-hybridized carbons (Fsp3) is 0.263. The van der Waals surface area contributed by atoms with Crippen LogP contribution in [0.25, 0.3) is 11.4 Å². The number of amides is 1. The Hall–Kier alpha value is -3.22. The molecular formula is C19H19N5O2. The highest BCUT2D eigenvalue weighted by molar-refractivity contribution is 5.82. The lowest BCUT2D eigenvalue weighted by atomic mass is 10.1. The Kier molecular flexibility index (Phi) is 4.35. The van der Waals surface area contributed by atoms with Crippen molar-refractivity contribution < 1.29 is 9.53 Å². The van der Waals surface area contributed by atoms with Crippen molar-refractivity contribution in [1.29, 1.82) is 0 Å². The van der Waals surface area contributed by atoms with Gasteiger partial charge in [0, 0.05) is 23.9 Å². The summed E-state index contributed by atoms with van der Waals surface area (Å²) >= 11 is 0. The van der Waals surface area contributed by atoms with Crippen LogP contribution in [0.4, 0.5) is 0 Å². The first kappa shape index (κ1) is 16.3. The number of H-pyrrole nitrogens is 1. The van der Waals surface area contributed by atoms with Crippen LogP contribution < -0.4 is 10.1 Å². The second-order valence-electron chi connectivity index (χ2n) is 6.29. The number of carbonyl (C=O) groups excluding carboxylic acids is 1. The van der Waals surface area contributed by atoms with E-state index in [-0.39, 0.29) is 17.7 Å². The van der Waals surface area contributed by atoms with Gasteiger partial charge in [-0.2, -0.15) is 5.10 Å². The molecule has 7 nitrogen and oxygen atoms in total. The Bertz CT molecular complexity index is 892. The number of hydrogen-bond acceptors (Lipinski definition) is 5. The van der Waals surface area contributed by atoms with Crippen molar-refractivity contribution in [1.82, 2.24) is 25.5 Å². The molecule has 26 heavy (non-hydrogen) atoms. The first-order valence-corrected chi connectivity index (χ1v) is 8.48. The predicted octanol–water partition coefficient (Wildman–Crippen LogP) is 2.30. The van der Waals surface area contributed by atoms with Crippen molar-refractivity contribution in [2.45, 2.75) is 18.9 Å². The zero-order chi connectivity index (χ0) is 17.9. The Morgan fingerprint density at radius 1 is 1.31 bits per heavy atom. The number of aromatic nitrogens is 4. The van der Waals surface area contributed by atoms with Crippen LogP contribution in [0.15, 0.2) is 48.8 Å². The molecule has 2 atom stereocenters. The van der Waals surface area contributed by atoms with E-state index in [0.717, 1.165) is 23.3 Å². The highest BCUT2D eigenvalue weighted by Gasteiger charge is 2.43. The quantitative estimate of drug-likeness (QED) is 0.712. The van der Waals surface area contributed by atoms with E-state index in [1.54, 1.807) is 13.3 Å². The number of ether oxygens (including phenoxy) is 1. The summed E-state index contributed by atoms with van der Waals surface area (Å²) in [4.78, 5) is 20.8. The number of methoxy groups -OCH3 is 1. The van der Waals surface area contributed by atoms with Crippen molar-refractivity contribution >= 4 is 5.91 Å². The Morgan fingerprint density at radius 2 is 2.15 bits per heavy atom. The van der Waals surface area contributed by atoms with Crippen molar-refractivity contribution in [3.8, 4) is 17.1 Å². The van der Waals surface area contributed by atoms with E-state index in [4.69, 9.17) is 4.74 Å². The van der Waals surface area contributed by atoms with Gasteiger partial charge in [0.1, 0.15) is 11.6 Å². The van der Waals surface area contributed by atoms with Gasteiger partial charge in [0.15, 0.2) is 5.82 Å². The summed E-state index contributed by atoms with van der Waals surface area (Å²) in [6.45, 7) is 0.332. The van der Waals surface area contributed by atoms with E-state index in [2.05, 4.69) is 25.5 Å². The smallest absolute Gasteiger partial charge is 0.224 e. The van der Waals surface area contributed by atoms with Crippen LogP contribution in [-0.4, -0.2) is 33.2 Å². The third-order valence-corrected chi connectivity index (χ3v) is 4.55. The molecule has 2 heterocycles. The molecule has 2 N–H and O–H groups in total. The van der Waals surface area contributed by atoms with E-state index in [1.165, 1.54) is 0 Å². The molecule has 1 amide bonds. The topological polar surface area (TPSA) is 92.8 Å². The molecule has 2 aromatic heterocycles. The van der Waals surface area contributed by atoms with Gasteiger partial charge in [0.05, 0.1) is 13.7 Å². The van der Waals surface area contributed by atoms with E-state index in [0.29, 0.717) is 18.2 Å². The number of nitrogens with zero attached hydrogens (tertiary/aromatic N) is 3. The van der Waals surface area contributed by atoms with Crippen molar-refractivity contribution in [3.63, 3.8) is 0 Å². The van der Waals surface area contributed by atoms with Crippen LogP contribution in [0.5, 0.6) is 5.75 Å². The minimum Gasteiger partial charge on any atom is -0.497 e. The van der Waals surface area contributed by atoms with Gasteiger partial charge < -0.3 is 10.1 Å². The van der Waals surface area contributed by atoms with Crippen LogP contribution in [0, 0.1) is 5.92 Å². The maximum atomic E-state index is 12.3. The Morgan fingerprint density at radius 3 is 2.88 bits per heavy atom. The SMILES string of the molecule is COc1ccc(-c2n[nH]c(CNC(=O)[C@@H]3C[C@H]3c3cccnc3)n2)cc1. The third kappa shape index (κ3) is 3.42. The van der Waals surface area contributed by atoms with Crippen molar-refractivity contribution in [3.05, 3.63) is 60.2 Å². The third-order valence-electron chi connectivity index (χ3n) is 4.55. The summed E-state index contributed by atoms with van der Waals surface area (Å²) in [6, 6.07) is 11.4. The molecule has 7 heteroatoms. The van der Waals surface area contributed by atoms with Gasteiger partial charge in [-0.15, -0.1) is 0 Å². The molecule has 0 aliphatic heterocycles. The summed E-state index contributed by atoms with van der Waals surface area (Å²) < 4.78 is 5.14. The molecule has 1 aromatic carbocycles. The molecule has 0 radical (unpaired) electrons. The van der Waals surface area contributed by atoms with Gasteiger partial charge in [-0.3, -0.25) is 14.9 Å². The lowest BCUT2D eigenvalue weighted by Gasteiger charge is -2.02. The summed E-state index contributed by atoms with van der Waals surface area (Å²) in [6.07, 6.45) is 4.44. The monoisotopic (exact) mass is 349 g/mol. The van der Waals surface area contributed by atoms with Gasteiger partial charge in [-0.05, 0) is 48.2 Å². The zero-order valence-corrected chi connectivity index (χ0v) is 14.3. The average Bonchev–Trinajstić information content (AvgIpc) is 3.37. The second kappa shape index (κ2) is 6.95. The van der Waals surface area contributed by atoms with Crippen LogP contribution in [0.1, 0.15) is 23.7 Å². The molecule has 0 saturated heterocycles. The summed E-state index contributed by atoms with van der Waals surface area (Å²) in [5.41, 5.74) is 2.01. The molecule has 1 aliphatic carbocycles. The molecule has 1 aliphatic rings. The number of aromatic amines is 1. The molecule has 4 rings (SSSR count).